The summed E-state index contributed by atoms with van der Waals surface area (Å²) in [6.07, 6.45) is -5.05. The Hall–Kier alpha value is -2.65. The van der Waals surface area contributed by atoms with Crippen molar-refractivity contribution < 1.29 is 37.1 Å². The van der Waals surface area contributed by atoms with E-state index in [1.54, 1.807) is 0 Å². The van der Waals surface area contributed by atoms with Gasteiger partial charge < -0.3 is 9.57 Å². The molecule has 0 aromatic carbocycles. The smallest absolute Gasteiger partial charge is 0.466 e. The van der Waals surface area contributed by atoms with Crippen LogP contribution in [0.25, 0.3) is 0 Å². The van der Waals surface area contributed by atoms with Gasteiger partial charge in [-0.2, -0.15) is 13.2 Å². The Balaban J connectivity index is 2.95. The van der Waals surface area contributed by atoms with Crippen molar-refractivity contribution in [2.45, 2.75) is 19.5 Å². The average Bonchev–Trinajstić information content (AvgIpc) is 2.44. The summed E-state index contributed by atoms with van der Waals surface area (Å²) in [4.78, 5) is 41.5. The van der Waals surface area contributed by atoms with Gasteiger partial charge >= 0.3 is 18.1 Å². The minimum atomic E-state index is -5.31. The van der Waals surface area contributed by atoms with Crippen molar-refractivity contribution in [2.75, 3.05) is 11.7 Å². The number of alkyl halides is 3. The average molecular weight is 320 g/mol. The molecular weight excluding hydrogens is 309 g/mol. The minimum absolute atomic E-state index is 0.00669. The first-order valence-electron chi connectivity index (χ1n) is 5.94. The fourth-order valence-corrected chi connectivity index (χ4v) is 1.24. The van der Waals surface area contributed by atoms with E-state index in [-0.39, 0.29) is 17.5 Å². The number of halogens is 3. The molecule has 7 nitrogen and oxygen atoms in total. The van der Waals surface area contributed by atoms with Crippen molar-refractivity contribution in [3.8, 4) is 0 Å². The van der Waals surface area contributed by atoms with Gasteiger partial charge in [-0.25, -0.2) is 9.78 Å². The van der Waals surface area contributed by atoms with Crippen molar-refractivity contribution in [3.05, 3.63) is 24.4 Å². The first kappa shape index (κ1) is 17.4. The molecule has 0 fully saturated rings. The van der Waals surface area contributed by atoms with E-state index in [1.807, 2.05) is 0 Å². The van der Waals surface area contributed by atoms with E-state index in [0.717, 1.165) is 6.07 Å². The van der Waals surface area contributed by atoms with Crippen molar-refractivity contribution >= 4 is 23.7 Å². The highest BCUT2D eigenvalue weighted by molar-refractivity contribution is 6.02. The zero-order valence-corrected chi connectivity index (χ0v) is 11.3. The van der Waals surface area contributed by atoms with Crippen LogP contribution in [0.15, 0.2) is 24.4 Å². The normalized spacial score (nSPS) is 10.7. The van der Waals surface area contributed by atoms with Crippen molar-refractivity contribution in [1.82, 2.24) is 4.98 Å². The summed E-state index contributed by atoms with van der Waals surface area (Å²) in [5, 5.41) is 0.00669. The highest BCUT2D eigenvalue weighted by Crippen LogP contribution is 2.20. The zero-order valence-electron chi connectivity index (χ0n) is 11.3. The summed E-state index contributed by atoms with van der Waals surface area (Å²) < 4.78 is 41.2. The molecule has 0 spiro atoms. The molecule has 0 unspecified atom stereocenters. The second-order valence-electron chi connectivity index (χ2n) is 3.73. The Labute approximate surface area is 122 Å². The minimum Gasteiger partial charge on any atom is -0.466 e. The maximum atomic E-state index is 12.2. The van der Waals surface area contributed by atoms with Gasteiger partial charge in [0, 0.05) is 6.20 Å². The monoisotopic (exact) mass is 320 g/mol. The van der Waals surface area contributed by atoms with Crippen LogP contribution in [0.5, 0.6) is 0 Å². The van der Waals surface area contributed by atoms with Crippen molar-refractivity contribution in [1.29, 1.82) is 0 Å². The first-order valence-corrected chi connectivity index (χ1v) is 5.94. The second-order valence-corrected chi connectivity index (χ2v) is 3.73. The summed E-state index contributed by atoms with van der Waals surface area (Å²) in [6, 6.07) is 3.92. The van der Waals surface area contributed by atoms with Crippen LogP contribution in [0.3, 0.4) is 0 Å². The SMILES string of the molecule is CCOC(=O)CC(=O)N(OC(=O)C(F)(F)F)c1ccccn1. The number of amides is 1. The van der Waals surface area contributed by atoms with Crippen LogP contribution in [0.2, 0.25) is 0 Å². The molecule has 0 radical (unpaired) electrons. The van der Waals surface area contributed by atoms with Gasteiger partial charge in [-0.1, -0.05) is 6.07 Å². The first-order chi connectivity index (χ1) is 10.3. The summed E-state index contributed by atoms with van der Waals surface area (Å²) in [5.74, 6) is -5.20. The van der Waals surface area contributed by atoms with Gasteiger partial charge in [0.05, 0.1) is 6.61 Å². The van der Waals surface area contributed by atoms with Gasteiger partial charge in [0.15, 0.2) is 5.82 Å². The molecule has 1 rings (SSSR count). The number of esters is 1. The Kier molecular flexibility index (Phi) is 5.84. The van der Waals surface area contributed by atoms with Crippen molar-refractivity contribution in [2.24, 2.45) is 0 Å². The van der Waals surface area contributed by atoms with Crippen LogP contribution in [0.1, 0.15) is 13.3 Å². The number of hydroxylamine groups is 1. The third kappa shape index (κ3) is 5.04. The van der Waals surface area contributed by atoms with Gasteiger partial charge in [-0.05, 0) is 19.1 Å². The Bertz CT molecular complexity index is 547. The molecule has 10 heteroatoms. The molecule has 22 heavy (non-hydrogen) atoms. The molecule has 1 aromatic heterocycles. The number of nitrogens with zero attached hydrogens (tertiary/aromatic N) is 2. The van der Waals surface area contributed by atoms with Gasteiger partial charge in [0.1, 0.15) is 6.42 Å². The number of aromatic nitrogens is 1. The largest absolute Gasteiger partial charge is 0.493 e. The topological polar surface area (TPSA) is 85.8 Å². The molecule has 0 aliphatic heterocycles. The Morgan fingerprint density at radius 3 is 2.45 bits per heavy atom. The summed E-state index contributed by atoms with van der Waals surface area (Å²) in [5.41, 5.74) is 0. The standard InChI is InChI=1S/C12H11F3N2O5/c1-2-21-10(19)7-9(18)17(8-5-3-4-6-16-8)22-11(20)12(13,14)15/h3-6H,2,7H2,1H3. The summed E-state index contributed by atoms with van der Waals surface area (Å²) in [7, 11) is 0. The predicted octanol–water partition coefficient (Wildman–Crippen LogP) is 1.39. The molecule has 0 aliphatic rings. The van der Waals surface area contributed by atoms with Gasteiger partial charge in [0.25, 0.3) is 5.91 Å². The molecule has 0 atom stereocenters. The molecule has 0 saturated heterocycles. The Morgan fingerprint density at radius 1 is 1.27 bits per heavy atom. The van der Waals surface area contributed by atoms with E-state index in [2.05, 4.69) is 14.6 Å². The maximum Gasteiger partial charge on any atom is 0.493 e. The van der Waals surface area contributed by atoms with Crippen LogP contribution in [0.4, 0.5) is 19.0 Å². The molecule has 0 bridgehead atoms. The van der Waals surface area contributed by atoms with Gasteiger partial charge in [-0.3, -0.25) is 9.59 Å². The number of rotatable bonds is 4. The maximum absolute atomic E-state index is 12.2. The number of carbonyl (C=O) groups excluding carboxylic acids is 3. The van der Waals surface area contributed by atoms with Crippen LogP contribution < -0.4 is 5.06 Å². The molecule has 0 aliphatic carbocycles. The fraction of sp³-hybridized carbons (Fsp3) is 0.333. The Morgan fingerprint density at radius 2 is 1.95 bits per heavy atom. The highest BCUT2D eigenvalue weighted by Gasteiger charge is 2.44. The van der Waals surface area contributed by atoms with Crippen LogP contribution in [0, 0.1) is 0 Å². The number of carbonyl (C=O) groups is 3. The lowest BCUT2D eigenvalue weighted by molar-refractivity contribution is -0.201. The van der Waals surface area contributed by atoms with E-state index in [1.165, 1.54) is 25.3 Å². The molecule has 1 heterocycles. The van der Waals surface area contributed by atoms with E-state index < -0.39 is 30.4 Å². The van der Waals surface area contributed by atoms with Gasteiger partial charge in [-0.15, -0.1) is 5.06 Å². The van der Waals surface area contributed by atoms with Gasteiger partial charge in [0.2, 0.25) is 0 Å². The van der Waals surface area contributed by atoms with E-state index >= 15 is 0 Å². The number of hydrogen-bond donors (Lipinski definition) is 0. The lowest BCUT2D eigenvalue weighted by atomic mass is 10.4. The van der Waals surface area contributed by atoms with Crippen molar-refractivity contribution in [3.63, 3.8) is 0 Å². The quantitative estimate of drug-likeness (QED) is 0.473. The molecule has 1 aromatic rings. The number of pyridine rings is 1. The zero-order chi connectivity index (χ0) is 16.8. The predicted molar refractivity (Wildman–Crippen MR) is 65.1 cm³/mol. The highest BCUT2D eigenvalue weighted by atomic mass is 19.4. The lowest BCUT2D eigenvalue weighted by Crippen LogP contribution is -2.40. The number of ether oxygens (including phenoxy) is 1. The molecule has 120 valence electrons. The number of anilines is 1. The third-order valence-electron chi connectivity index (χ3n) is 2.09. The molecular formula is C12H11F3N2O5. The number of hydrogen-bond acceptors (Lipinski definition) is 6. The summed E-state index contributed by atoms with van der Waals surface area (Å²) in [6.45, 7) is 1.47. The second kappa shape index (κ2) is 7.38. The van der Waals surface area contributed by atoms with E-state index in [9.17, 15) is 27.6 Å². The van der Waals surface area contributed by atoms with Crippen LogP contribution in [-0.2, 0) is 24.0 Å². The lowest BCUT2D eigenvalue weighted by Gasteiger charge is -2.20. The molecule has 0 saturated carbocycles. The van der Waals surface area contributed by atoms with E-state index in [0.29, 0.717) is 0 Å². The van der Waals surface area contributed by atoms with E-state index in [4.69, 9.17) is 0 Å². The molecule has 1 amide bonds. The van der Waals surface area contributed by atoms with Crippen LogP contribution >= 0.6 is 0 Å². The molecule has 0 N–H and O–H groups in total. The van der Waals surface area contributed by atoms with Crippen LogP contribution in [-0.4, -0.2) is 35.6 Å². The third-order valence-corrected chi connectivity index (χ3v) is 2.09. The summed E-state index contributed by atoms with van der Waals surface area (Å²) >= 11 is 0. The fourth-order valence-electron chi connectivity index (χ4n) is 1.24.